The summed E-state index contributed by atoms with van der Waals surface area (Å²) in [6.45, 7) is 1.00. The van der Waals surface area contributed by atoms with E-state index in [2.05, 4.69) is 36.2 Å². The van der Waals surface area contributed by atoms with Gasteiger partial charge in [-0.25, -0.2) is 4.57 Å². The summed E-state index contributed by atoms with van der Waals surface area (Å²) in [7, 11) is -2.22. The van der Waals surface area contributed by atoms with Crippen LogP contribution in [0.15, 0.2) is 60.2 Å². The summed E-state index contributed by atoms with van der Waals surface area (Å²) in [6.07, 6.45) is 8.99. The van der Waals surface area contributed by atoms with E-state index in [0.717, 1.165) is 37.8 Å². The van der Waals surface area contributed by atoms with Crippen LogP contribution in [0.25, 0.3) is 0 Å². The van der Waals surface area contributed by atoms with E-state index >= 15 is 0 Å². The Kier molecular flexibility index (Phi) is 5.47. The molecule has 3 aliphatic carbocycles. The number of allylic oxidation sites excluding steroid dienone is 1. The van der Waals surface area contributed by atoms with Gasteiger partial charge in [0.25, 0.3) is 0 Å². The van der Waals surface area contributed by atoms with Gasteiger partial charge < -0.3 is 19.3 Å². The number of benzene rings is 2. The van der Waals surface area contributed by atoms with Crippen molar-refractivity contribution in [3.8, 4) is 11.5 Å². The van der Waals surface area contributed by atoms with Crippen LogP contribution in [0.2, 0.25) is 0 Å². The first-order chi connectivity index (χ1) is 17.9. The van der Waals surface area contributed by atoms with Crippen LogP contribution in [-0.4, -0.2) is 53.3 Å². The number of aliphatic hydroxyl groups is 1. The lowest BCUT2D eigenvalue weighted by Gasteiger charge is -2.56. The van der Waals surface area contributed by atoms with Crippen molar-refractivity contribution in [3.05, 3.63) is 82.5 Å². The lowest BCUT2D eigenvalue weighted by molar-refractivity contribution is -0.0452. The number of phosphoric acid groups is 1. The van der Waals surface area contributed by atoms with Crippen LogP contribution in [-0.2, 0) is 33.8 Å². The van der Waals surface area contributed by atoms with Crippen molar-refractivity contribution in [2.24, 2.45) is 5.92 Å². The van der Waals surface area contributed by atoms with Gasteiger partial charge in [0, 0.05) is 22.9 Å². The number of phosphoric ester groups is 1. The molecule has 5 aliphatic rings. The normalized spacial score (nSPS) is 32.6. The molecular formula is C29H32NO6P. The van der Waals surface area contributed by atoms with Crippen molar-refractivity contribution in [2.75, 3.05) is 20.2 Å². The molecule has 0 saturated carbocycles. The molecule has 0 radical (unpaired) electrons. The van der Waals surface area contributed by atoms with Gasteiger partial charge in [0.1, 0.15) is 12.2 Å². The van der Waals surface area contributed by atoms with Gasteiger partial charge in [-0.15, -0.1) is 0 Å². The summed E-state index contributed by atoms with van der Waals surface area (Å²) < 4.78 is 30.4. The van der Waals surface area contributed by atoms with Crippen LogP contribution in [0.5, 0.6) is 11.5 Å². The molecule has 2 aliphatic heterocycles. The van der Waals surface area contributed by atoms with Crippen molar-refractivity contribution in [3.63, 3.8) is 0 Å². The number of likely N-dealkylation sites (tertiary alicyclic amines) is 1. The van der Waals surface area contributed by atoms with Crippen molar-refractivity contribution in [1.29, 1.82) is 0 Å². The van der Waals surface area contributed by atoms with Crippen LogP contribution < -0.4 is 9.26 Å². The molecule has 6 unspecified atom stereocenters. The molecule has 1 saturated heterocycles. The Balaban J connectivity index is 1.10. The zero-order valence-electron chi connectivity index (χ0n) is 20.9. The monoisotopic (exact) mass is 521 g/mol. The highest BCUT2D eigenvalue weighted by atomic mass is 31.2. The molecule has 8 heteroatoms. The Morgan fingerprint density at radius 1 is 1.16 bits per heavy atom. The van der Waals surface area contributed by atoms with Crippen LogP contribution >= 0.6 is 7.82 Å². The van der Waals surface area contributed by atoms with E-state index in [1.54, 1.807) is 6.07 Å². The number of fused-ring (bicyclic) bond motifs is 1. The maximum absolute atomic E-state index is 13.0. The molecule has 7 rings (SSSR count). The first kappa shape index (κ1) is 23.7. The summed E-state index contributed by atoms with van der Waals surface area (Å²) in [5.41, 5.74) is 5.67. The Hall–Kier alpha value is -2.41. The number of aliphatic hydroxyl groups excluding tert-OH is 1. The zero-order chi connectivity index (χ0) is 25.4. The van der Waals surface area contributed by atoms with E-state index in [1.165, 1.54) is 22.3 Å². The number of likely N-dealkylation sites (N-methyl/N-ethyl adjacent to an activating group) is 1. The highest BCUT2D eigenvalue weighted by molar-refractivity contribution is 7.47. The lowest BCUT2D eigenvalue weighted by Crippen LogP contribution is -2.64. The van der Waals surface area contributed by atoms with Crippen molar-refractivity contribution in [1.82, 2.24) is 4.90 Å². The molecule has 1 fully saturated rings. The SMILES string of the molecule is CN1CCC23c4c5ccc(OP(=O)(O)OCCC6=CCc7ccccc7C6)c4OC2C(O)C=CC3C1C5. The Morgan fingerprint density at radius 2 is 2.00 bits per heavy atom. The standard InChI is InChI=1S/C29H32NO6P/c1-30-14-13-29-22-9-10-24(31)28(29)35-27-25(11-8-21(26(27)29)17-23(22)30)36-37(32,33)34-15-12-18-6-7-19-4-2-3-5-20(19)16-18/h2-6,8-11,22-24,28,31H,7,12-17H2,1H3,(H,32,33). The third kappa shape index (κ3) is 3.67. The fourth-order valence-corrected chi connectivity index (χ4v) is 8.20. The second kappa shape index (κ2) is 8.55. The Morgan fingerprint density at radius 3 is 2.86 bits per heavy atom. The number of nitrogens with zero attached hydrogens (tertiary/aromatic N) is 1. The van der Waals surface area contributed by atoms with Gasteiger partial charge in [0.2, 0.25) is 0 Å². The van der Waals surface area contributed by atoms with Crippen molar-refractivity contribution < 1.29 is 28.3 Å². The first-order valence-electron chi connectivity index (χ1n) is 13.2. The van der Waals surface area contributed by atoms with E-state index in [1.807, 2.05) is 24.3 Å². The molecule has 2 aromatic rings. The first-order valence-corrected chi connectivity index (χ1v) is 14.7. The fourth-order valence-electron chi connectivity index (χ4n) is 7.43. The highest BCUT2D eigenvalue weighted by Gasteiger charge is 2.64. The maximum Gasteiger partial charge on any atom is 0.527 e. The molecule has 7 nitrogen and oxygen atoms in total. The number of hydrogen-bond acceptors (Lipinski definition) is 6. The average Bonchev–Trinajstić information content (AvgIpc) is 3.24. The van der Waals surface area contributed by atoms with Gasteiger partial charge in [-0.05, 0) is 68.5 Å². The summed E-state index contributed by atoms with van der Waals surface area (Å²) in [6, 6.07) is 12.4. The minimum absolute atomic E-state index is 0.0915. The van der Waals surface area contributed by atoms with Gasteiger partial charge >= 0.3 is 7.82 Å². The minimum atomic E-state index is -4.38. The van der Waals surface area contributed by atoms with Crippen LogP contribution in [0.1, 0.15) is 35.1 Å². The Bertz CT molecular complexity index is 1370. The van der Waals surface area contributed by atoms with Gasteiger partial charge in [-0.2, -0.15) is 0 Å². The van der Waals surface area contributed by atoms with Crippen LogP contribution in [0.4, 0.5) is 0 Å². The highest BCUT2D eigenvalue weighted by Crippen LogP contribution is 2.63. The predicted octanol–water partition coefficient (Wildman–Crippen LogP) is 4.10. The number of rotatable bonds is 6. The second-order valence-electron chi connectivity index (χ2n) is 11.1. The molecule has 0 aromatic heterocycles. The van der Waals surface area contributed by atoms with E-state index in [-0.39, 0.29) is 23.7 Å². The Labute approximate surface area is 217 Å². The summed E-state index contributed by atoms with van der Waals surface area (Å²) in [5.74, 6) is 0.917. The molecule has 1 spiro atoms. The van der Waals surface area contributed by atoms with Gasteiger partial charge in [0.05, 0.1) is 6.61 Å². The van der Waals surface area contributed by atoms with Gasteiger partial charge in [0.15, 0.2) is 11.5 Å². The quantitative estimate of drug-likeness (QED) is 0.437. The maximum atomic E-state index is 13.0. The largest absolute Gasteiger partial charge is 0.527 e. The minimum Gasteiger partial charge on any atom is -0.482 e. The molecule has 6 atom stereocenters. The molecule has 2 heterocycles. The molecule has 2 aromatic carbocycles. The third-order valence-electron chi connectivity index (χ3n) is 9.17. The summed E-state index contributed by atoms with van der Waals surface area (Å²) in [4.78, 5) is 13.0. The van der Waals surface area contributed by atoms with Crippen LogP contribution in [0, 0.1) is 5.92 Å². The number of hydrogen-bond donors (Lipinski definition) is 2. The molecule has 2 N–H and O–H groups in total. The lowest BCUT2D eigenvalue weighted by atomic mass is 9.53. The second-order valence-corrected chi connectivity index (χ2v) is 12.4. The predicted molar refractivity (Wildman–Crippen MR) is 139 cm³/mol. The molecule has 194 valence electrons. The number of piperidine rings is 1. The smallest absolute Gasteiger partial charge is 0.482 e. The number of ether oxygens (including phenoxy) is 1. The van der Waals surface area contributed by atoms with Crippen molar-refractivity contribution in [2.45, 2.75) is 55.8 Å². The summed E-state index contributed by atoms with van der Waals surface area (Å²) >= 11 is 0. The van der Waals surface area contributed by atoms with E-state index in [0.29, 0.717) is 18.2 Å². The fraction of sp³-hybridized carbons (Fsp3) is 0.448. The zero-order valence-corrected chi connectivity index (χ0v) is 21.8. The van der Waals surface area contributed by atoms with E-state index in [4.69, 9.17) is 13.8 Å². The van der Waals surface area contributed by atoms with Crippen molar-refractivity contribution >= 4 is 7.82 Å². The molecular weight excluding hydrogens is 489 g/mol. The summed E-state index contributed by atoms with van der Waals surface area (Å²) in [5, 5.41) is 10.9. The van der Waals surface area contributed by atoms with Crippen LogP contribution in [0.3, 0.4) is 0 Å². The average molecular weight is 522 g/mol. The molecule has 0 amide bonds. The van der Waals surface area contributed by atoms with E-state index < -0.39 is 20.0 Å². The molecule has 2 bridgehead atoms. The van der Waals surface area contributed by atoms with Gasteiger partial charge in [-0.1, -0.05) is 54.1 Å². The third-order valence-corrected chi connectivity index (χ3v) is 10.1. The van der Waals surface area contributed by atoms with Gasteiger partial charge in [-0.3, -0.25) is 9.42 Å². The van der Waals surface area contributed by atoms with E-state index in [9.17, 15) is 14.6 Å². The topological polar surface area (TPSA) is 88.5 Å². The molecule has 37 heavy (non-hydrogen) atoms.